The van der Waals surface area contributed by atoms with E-state index in [0.717, 1.165) is 12.3 Å². The number of allylic oxidation sites excluding steroid dienone is 1. The lowest BCUT2D eigenvalue weighted by Crippen LogP contribution is -1.91. The molecule has 0 aliphatic rings. The molecule has 0 unspecified atom stereocenters. The zero-order valence-corrected chi connectivity index (χ0v) is 7.10. The summed E-state index contributed by atoms with van der Waals surface area (Å²) in [5.74, 6) is 1.37. The highest BCUT2D eigenvalue weighted by atomic mass is 32.1. The number of aliphatic imine (C=N–C) groups is 1. The van der Waals surface area contributed by atoms with Crippen molar-refractivity contribution in [2.75, 3.05) is 18.9 Å². The molecule has 0 radical (unpaired) electrons. The van der Waals surface area contributed by atoms with Gasteiger partial charge in [-0.2, -0.15) is 12.6 Å². The second kappa shape index (κ2) is 6.68. The number of rotatable bonds is 5. The molecule has 0 fully saturated rings. The summed E-state index contributed by atoms with van der Waals surface area (Å²) in [5, 5.41) is 0. The van der Waals surface area contributed by atoms with E-state index in [0.29, 0.717) is 12.4 Å². The topological polar surface area (TPSA) is 21.6 Å². The Kier molecular flexibility index (Phi) is 6.38. The first-order valence-electron chi connectivity index (χ1n) is 3.23. The van der Waals surface area contributed by atoms with Crippen LogP contribution in [0.25, 0.3) is 0 Å². The average Bonchev–Trinajstić information content (AvgIpc) is 1.89. The van der Waals surface area contributed by atoms with Gasteiger partial charge in [0, 0.05) is 12.3 Å². The molecule has 0 rings (SSSR count). The third kappa shape index (κ3) is 5.69. The molecule has 0 aliphatic heterocycles. The van der Waals surface area contributed by atoms with Gasteiger partial charge < -0.3 is 4.74 Å². The van der Waals surface area contributed by atoms with E-state index in [-0.39, 0.29) is 0 Å². The first-order chi connectivity index (χ1) is 4.81. The Bertz CT molecular complexity index is 123. The Hall–Kier alpha value is -0.440. The van der Waals surface area contributed by atoms with Gasteiger partial charge in [0.25, 0.3) is 0 Å². The Labute approximate surface area is 67.4 Å². The third-order valence-corrected chi connectivity index (χ3v) is 0.994. The van der Waals surface area contributed by atoms with Crippen LogP contribution in [0.3, 0.4) is 0 Å². The van der Waals surface area contributed by atoms with Crippen molar-refractivity contribution >= 4 is 18.8 Å². The van der Waals surface area contributed by atoms with Crippen LogP contribution >= 0.6 is 12.6 Å². The minimum atomic E-state index is 0.615. The van der Waals surface area contributed by atoms with Crippen LogP contribution in [0.5, 0.6) is 0 Å². The molecule has 0 spiro atoms. The number of hydrogen-bond acceptors (Lipinski definition) is 3. The Morgan fingerprint density at radius 3 is 3.00 bits per heavy atom. The fourth-order valence-corrected chi connectivity index (χ4v) is 0.562. The van der Waals surface area contributed by atoms with E-state index in [9.17, 15) is 0 Å². The molecule has 58 valence electrons. The molecule has 0 amide bonds. The molecule has 0 heterocycles. The van der Waals surface area contributed by atoms with Crippen molar-refractivity contribution in [1.82, 2.24) is 0 Å². The first-order valence-corrected chi connectivity index (χ1v) is 3.87. The molecule has 0 aromatic rings. The maximum atomic E-state index is 5.02. The van der Waals surface area contributed by atoms with Crippen LogP contribution in [0.1, 0.15) is 6.92 Å². The Balaban J connectivity index is 3.36. The summed E-state index contributed by atoms with van der Waals surface area (Å²) in [6, 6.07) is 0. The van der Waals surface area contributed by atoms with Gasteiger partial charge in [-0.3, -0.25) is 4.99 Å². The second-order valence-electron chi connectivity index (χ2n) is 1.66. The fraction of sp³-hybridized carbons (Fsp3) is 0.571. The van der Waals surface area contributed by atoms with Crippen LogP contribution in [0.4, 0.5) is 0 Å². The molecule has 0 bridgehead atoms. The molecule has 3 heteroatoms. The van der Waals surface area contributed by atoms with E-state index in [1.165, 1.54) is 0 Å². The summed E-state index contributed by atoms with van der Waals surface area (Å²) in [6.45, 7) is 6.90. The van der Waals surface area contributed by atoms with Gasteiger partial charge in [-0.1, -0.05) is 6.58 Å². The average molecular weight is 159 g/mol. The van der Waals surface area contributed by atoms with Crippen molar-refractivity contribution in [1.29, 1.82) is 0 Å². The van der Waals surface area contributed by atoms with E-state index in [1.807, 2.05) is 6.92 Å². The van der Waals surface area contributed by atoms with Crippen molar-refractivity contribution in [2.24, 2.45) is 4.99 Å². The van der Waals surface area contributed by atoms with Crippen LogP contribution in [-0.4, -0.2) is 25.1 Å². The van der Waals surface area contributed by atoms with Crippen molar-refractivity contribution in [2.45, 2.75) is 6.92 Å². The number of thiol groups is 1. The largest absolute Gasteiger partial charge is 0.493 e. The lowest BCUT2D eigenvalue weighted by atomic mass is 10.6. The standard InChI is InChI=1S/C7H13NOS/c1-3-9-7(2)6-8-4-5-10/h6,10H,2-5H2,1H3. The van der Waals surface area contributed by atoms with Crippen molar-refractivity contribution in [3.05, 3.63) is 12.3 Å². The van der Waals surface area contributed by atoms with Crippen LogP contribution < -0.4 is 0 Å². The SMILES string of the molecule is C=C(C=NCCS)OCC. The molecule has 0 aromatic carbocycles. The normalized spacial score (nSPS) is 10.2. The van der Waals surface area contributed by atoms with E-state index >= 15 is 0 Å². The van der Waals surface area contributed by atoms with Crippen molar-refractivity contribution in [3.8, 4) is 0 Å². The summed E-state index contributed by atoms with van der Waals surface area (Å²) < 4.78 is 5.02. The fourth-order valence-electron chi connectivity index (χ4n) is 0.447. The van der Waals surface area contributed by atoms with Crippen molar-refractivity contribution < 1.29 is 4.74 Å². The monoisotopic (exact) mass is 159 g/mol. The number of ether oxygens (including phenoxy) is 1. The van der Waals surface area contributed by atoms with Gasteiger partial charge in [0.1, 0.15) is 5.76 Å². The second-order valence-corrected chi connectivity index (χ2v) is 2.11. The quantitative estimate of drug-likeness (QED) is 0.367. The minimum absolute atomic E-state index is 0.615. The predicted octanol–water partition coefficient (Wildman–Crippen LogP) is 1.54. The van der Waals surface area contributed by atoms with Crippen LogP contribution in [-0.2, 0) is 4.74 Å². The molecular formula is C7H13NOS. The molecule has 0 saturated heterocycles. The van der Waals surface area contributed by atoms with E-state index in [1.54, 1.807) is 6.21 Å². The smallest absolute Gasteiger partial charge is 0.129 e. The van der Waals surface area contributed by atoms with Gasteiger partial charge in [0.15, 0.2) is 0 Å². The third-order valence-electron chi connectivity index (χ3n) is 0.794. The highest BCUT2D eigenvalue weighted by molar-refractivity contribution is 7.80. The van der Waals surface area contributed by atoms with Gasteiger partial charge in [-0.15, -0.1) is 0 Å². The lowest BCUT2D eigenvalue weighted by Gasteiger charge is -1.98. The van der Waals surface area contributed by atoms with Gasteiger partial charge in [-0.25, -0.2) is 0 Å². The van der Waals surface area contributed by atoms with Crippen molar-refractivity contribution in [3.63, 3.8) is 0 Å². The summed E-state index contributed by atoms with van der Waals surface area (Å²) in [6.07, 6.45) is 1.62. The Morgan fingerprint density at radius 1 is 1.80 bits per heavy atom. The van der Waals surface area contributed by atoms with E-state index in [4.69, 9.17) is 4.74 Å². The molecule has 2 nitrogen and oxygen atoms in total. The number of hydrogen-bond donors (Lipinski definition) is 1. The molecule has 0 saturated carbocycles. The highest BCUT2D eigenvalue weighted by Gasteiger charge is 1.83. The maximum absolute atomic E-state index is 5.02. The predicted molar refractivity (Wildman–Crippen MR) is 48.0 cm³/mol. The molecule has 0 aliphatic carbocycles. The van der Waals surface area contributed by atoms with E-state index < -0.39 is 0 Å². The highest BCUT2D eigenvalue weighted by Crippen LogP contribution is 1.87. The zero-order chi connectivity index (χ0) is 7.82. The lowest BCUT2D eigenvalue weighted by molar-refractivity contribution is 0.253. The van der Waals surface area contributed by atoms with E-state index in [2.05, 4.69) is 24.2 Å². The summed E-state index contributed by atoms with van der Waals surface area (Å²) in [4.78, 5) is 3.98. The maximum Gasteiger partial charge on any atom is 0.129 e. The molecule has 0 aromatic heterocycles. The minimum Gasteiger partial charge on any atom is -0.493 e. The summed E-state index contributed by atoms with van der Waals surface area (Å²) >= 11 is 3.99. The summed E-state index contributed by atoms with van der Waals surface area (Å²) in [7, 11) is 0. The van der Waals surface area contributed by atoms with Gasteiger partial charge in [0.2, 0.25) is 0 Å². The van der Waals surface area contributed by atoms with Crippen LogP contribution in [0.2, 0.25) is 0 Å². The van der Waals surface area contributed by atoms with Gasteiger partial charge in [0.05, 0.1) is 12.8 Å². The Morgan fingerprint density at radius 2 is 2.50 bits per heavy atom. The molecule has 0 atom stereocenters. The zero-order valence-electron chi connectivity index (χ0n) is 6.21. The molecule has 10 heavy (non-hydrogen) atoms. The van der Waals surface area contributed by atoms with Crippen LogP contribution in [0.15, 0.2) is 17.3 Å². The molecular weight excluding hydrogens is 146 g/mol. The van der Waals surface area contributed by atoms with Gasteiger partial charge >= 0.3 is 0 Å². The van der Waals surface area contributed by atoms with Gasteiger partial charge in [-0.05, 0) is 6.92 Å². The van der Waals surface area contributed by atoms with Crippen LogP contribution in [0, 0.1) is 0 Å². The summed E-state index contributed by atoms with van der Waals surface area (Å²) in [5.41, 5.74) is 0. The molecule has 0 N–H and O–H groups in total. The number of nitrogens with zero attached hydrogens (tertiary/aromatic N) is 1. The first kappa shape index (κ1) is 9.56.